The Balaban J connectivity index is 2.14. The van der Waals surface area contributed by atoms with Crippen LogP contribution < -0.4 is 0 Å². The van der Waals surface area contributed by atoms with Crippen molar-refractivity contribution in [1.82, 2.24) is 4.98 Å². The van der Waals surface area contributed by atoms with E-state index in [-0.39, 0.29) is 0 Å². The van der Waals surface area contributed by atoms with Crippen molar-refractivity contribution in [1.29, 1.82) is 0 Å². The van der Waals surface area contributed by atoms with E-state index in [4.69, 9.17) is 0 Å². The predicted molar refractivity (Wildman–Crippen MR) is 66.7 cm³/mol. The van der Waals surface area contributed by atoms with Crippen LogP contribution in [0.5, 0.6) is 0 Å². The van der Waals surface area contributed by atoms with Crippen LogP contribution in [0.25, 0.3) is 0 Å². The molecule has 0 spiro atoms. The monoisotopic (exact) mass is 233 g/mol. The van der Waals surface area contributed by atoms with Crippen LogP contribution >= 0.6 is 11.3 Å². The summed E-state index contributed by atoms with van der Waals surface area (Å²) >= 11 is 1.73. The maximum absolute atomic E-state index is 10.1. The number of aliphatic hydroxyl groups is 1. The molecule has 3 heteroatoms. The number of rotatable bonds is 3. The summed E-state index contributed by atoms with van der Waals surface area (Å²) in [5.74, 6) is 0. The fourth-order valence-corrected chi connectivity index (χ4v) is 2.79. The quantitative estimate of drug-likeness (QED) is 0.884. The van der Waals surface area contributed by atoms with E-state index in [1.807, 2.05) is 18.2 Å². The van der Waals surface area contributed by atoms with E-state index in [9.17, 15) is 5.11 Å². The first-order chi connectivity index (χ1) is 7.66. The lowest BCUT2D eigenvalue weighted by molar-refractivity contribution is 0.177. The maximum Gasteiger partial charge on any atom is 0.0856 e. The number of aliphatic hydroxyl groups excluding tert-OH is 1. The van der Waals surface area contributed by atoms with E-state index < -0.39 is 6.10 Å². The zero-order chi connectivity index (χ0) is 11.5. The Hall–Kier alpha value is -1.19. The van der Waals surface area contributed by atoms with Gasteiger partial charge in [0.2, 0.25) is 0 Å². The largest absolute Gasteiger partial charge is 0.388 e. The molecule has 0 radical (unpaired) electrons. The van der Waals surface area contributed by atoms with E-state index in [2.05, 4.69) is 24.9 Å². The van der Waals surface area contributed by atoms with Crippen LogP contribution in [0.4, 0.5) is 0 Å². The lowest BCUT2D eigenvalue weighted by Crippen LogP contribution is -2.03. The highest BCUT2D eigenvalue weighted by molar-refractivity contribution is 7.12. The fraction of sp³-hybridized carbons (Fsp3) is 0.308. The summed E-state index contributed by atoms with van der Waals surface area (Å²) in [5.41, 5.74) is 1.96. The van der Waals surface area contributed by atoms with Gasteiger partial charge in [-0.1, -0.05) is 6.07 Å². The van der Waals surface area contributed by atoms with Gasteiger partial charge in [-0.3, -0.25) is 4.98 Å². The van der Waals surface area contributed by atoms with Gasteiger partial charge in [-0.15, -0.1) is 11.3 Å². The molecule has 2 rings (SSSR count). The molecular formula is C13H15NOS. The molecule has 84 valence electrons. The summed E-state index contributed by atoms with van der Waals surface area (Å²) in [4.78, 5) is 6.66. The lowest BCUT2D eigenvalue weighted by atomic mass is 10.1. The Labute approximate surface area is 99.6 Å². The maximum atomic E-state index is 10.1. The first-order valence-corrected chi connectivity index (χ1v) is 6.13. The highest BCUT2D eigenvalue weighted by Crippen LogP contribution is 2.27. The van der Waals surface area contributed by atoms with Gasteiger partial charge >= 0.3 is 0 Å². The molecule has 0 fully saturated rings. The molecule has 0 aromatic carbocycles. The zero-order valence-corrected chi connectivity index (χ0v) is 10.3. The third-order valence-electron chi connectivity index (χ3n) is 2.57. The molecule has 0 saturated carbocycles. The first kappa shape index (κ1) is 11.3. The van der Waals surface area contributed by atoms with E-state index >= 15 is 0 Å². The van der Waals surface area contributed by atoms with E-state index in [0.29, 0.717) is 6.42 Å². The summed E-state index contributed by atoms with van der Waals surface area (Å²) in [6, 6.07) is 7.84. The average Bonchev–Trinajstić information content (AvgIpc) is 2.59. The van der Waals surface area contributed by atoms with E-state index in [1.54, 1.807) is 17.5 Å². The summed E-state index contributed by atoms with van der Waals surface area (Å²) in [7, 11) is 0. The van der Waals surface area contributed by atoms with Gasteiger partial charge in [0.05, 0.1) is 6.10 Å². The molecule has 1 unspecified atom stereocenters. The first-order valence-electron chi connectivity index (χ1n) is 5.31. The van der Waals surface area contributed by atoms with Crippen LogP contribution in [-0.4, -0.2) is 10.1 Å². The fourth-order valence-electron chi connectivity index (χ4n) is 1.81. The Kier molecular flexibility index (Phi) is 3.36. The van der Waals surface area contributed by atoms with Crippen molar-refractivity contribution in [3.63, 3.8) is 0 Å². The van der Waals surface area contributed by atoms with Gasteiger partial charge in [-0.05, 0) is 37.6 Å². The number of aromatic nitrogens is 1. The van der Waals surface area contributed by atoms with Crippen molar-refractivity contribution in [2.75, 3.05) is 0 Å². The molecule has 0 bridgehead atoms. The van der Waals surface area contributed by atoms with Crippen LogP contribution in [0.2, 0.25) is 0 Å². The second kappa shape index (κ2) is 4.76. The van der Waals surface area contributed by atoms with Crippen LogP contribution in [0, 0.1) is 13.8 Å². The standard InChI is InChI=1S/C13H15NOS/c1-9-7-12(10(2)16-9)13(15)8-11-5-3-4-6-14-11/h3-7,13,15H,8H2,1-2H3. The third kappa shape index (κ3) is 2.49. The number of aryl methyl sites for hydroxylation is 2. The summed E-state index contributed by atoms with van der Waals surface area (Å²) in [6.45, 7) is 4.11. The minimum Gasteiger partial charge on any atom is -0.388 e. The molecule has 1 atom stereocenters. The molecule has 0 saturated heterocycles. The Morgan fingerprint density at radius 1 is 1.38 bits per heavy atom. The topological polar surface area (TPSA) is 33.1 Å². The predicted octanol–water partition coefficient (Wildman–Crippen LogP) is 3.04. The number of nitrogens with zero attached hydrogens (tertiary/aromatic N) is 1. The Bertz CT molecular complexity index is 464. The molecule has 2 heterocycles. The molecule has 0 amide bonds. The van der Waals surface area contributed by atoms with Crippen molar-refractivity contribution < 1.29 is 5.11 Å². The molecule has 0 aliphatic rings. The molecule has 0 aliphatic carbocycles. The SMILES string of the molecule is Cc1cc(C(O)Cc2ccccn2)c(C)s1. The molecule has 2 aromatic heterocycles. The molecular weight excluding hydrogens is 218 g/mol. The molecule has 2 nitrogen and oxygen atoms in total. The Morgan fingerprint density at radius 2 is 2.19 bits per heavy atom. The van der Waals surface area contributed by atoms with Crippen molar-refractivity contribution >= 4 is 11.3 Å². The van der Waals surface area contributed by atoms with Gasteiger partial charge < -0.3 is 5.11 Å². The van der Waals surface area contributed by atoms with Crippen molar-refractivity contribution in [3.05, 3.63) is 51.5 Å². The van der Waals surface area contributed by atoms with E-state index in [1.165, 1.54) is 9.75 Å². The molecule has 1 N–H and O–H groups in total. The summed E-state index contributed by atoms with van der Waals surface area (Å²) < 4.78 is 0. The number of hydrogen-bond acceptors (Lipinski definition) is 3. The van der Waals surface area contributed by atoms with Crippen molar-refractivity contribution in [2.24, 2.45) is 0 Å². The van der Waals surface area contributed by atoms with Crippen molar-refractivity contribution in [2.45, 2.75) is 26.4 Å². The highest BCUT2D eigenvalue weighted by Gasteiger charge is 2.13. The Morgan fingerprint density at radius 3 is 2.75 bits per heavy atom. The van der Waals surface area contributed by atoms with Crippen molar-refractivity contribution in [3.8, 4) is 0 Å². The van der Waals surface area contributed by atoms with Crippen LogP contribution in [0.15, 0.2) is 30.5 Å². The van der Waals surface area contributed by atoms with Gasteiger partial charge in [0, 0.05) is 28.1 Å². The molecule has 0 aliphatic heterocycles. The van der Waals surface area contributed by atoms with Crippen LogP contribution in [-0.2, 0) is 6.42 Å². The van der Waals surface area contributed by atoms with Gasteiger partial charge in [-0.2, -0.15) is 0 Å². The average molecular weight is 233 g/mol. The smallest absolute Gasteiger partial charge is 0.0856 e. The van der Waals surface area contributed by atoms with Gasteiger partial charge in [0.15, 0.2) is 0 Å². The second-order valence-electron chi connectivity index (χ2n) is 3.91. The van der Waals surface area contributed by atoms with Crippen LogP contribution in [0.1, 0.15) is 27.1 Å². The minimum absolute atomic E-state index is 0.445. The summed E-state index contributed by atoms with van der Waals surface area (Å²) in [6.07, 6.45) is 1.89. The second-order valence-corrected chi connectivity index (χ2v) is 5.37. The number of pyridine rings is 1. The zero-order valence-electron chi connectivity index (χ0n) is 9.47. The minimum atomic E-state index is -0.445. The van der Waals surface area contributed by atoms with Gasteiger partial charge in [0.1, 0.15) is 0 Å². The van der Waals surface area contributed by atoms with Gasteiger partial charge in [-0.25, -0.2) is 0 Å². The normalized spacial score (nSPS) is 12.7. The lowest BCUT2D eigenvalue weighted by Gasteiger charge is -2.09. The van der Waals surface area contributed by atoms with Gasteiger partial charge in [0.25, 0.3) is 0 Å². The summed E-state index contributed by atoms with van der Waals surface area (Å²) in [5, 5.41) is 10.1. The van der Waals surface area contributed by atoms with E-state index in [0.717, 1.165) is 11.3 Å². The molecule has 16 heavy (non-hydrogen) atoms. The van der Waals surface area contributed by atoms with Crippen LogP contribution in [0.3, 0.4) is 0 Å². The highest BCUT2D eigenvalue weighted by atomic mass is 32.1. The molecule has 2 aromatic rings. The number of hydrogen-bond donors (Lipinski definition) is 1. The number of thiophene rings is 1. The third-order valence-corrected chi connectivity index (χ3v) is 3.55.